The Hall–Kier alpha value is -3.73. The molecule has 5 heteroatoms. The number of carbonyl (C=O) groups excluding carboxylic acids is 1. The Morgan fingerprint density at radius 2 is 1.41 bits per heavy atom. The van der Waals surface area contributed by atoms with Gasteiger partial charge in [0, 0.05) is 52.7 Å². The molecule has 4 rings (SSSR count). The summed E-state index contributed by atoms with van der Waals surface area (Å²) in [4.78, 5) is 23.8. The molecular formula is C22H18N4O. The van der Waals surface area contributed by atoms with E-state index in [4.69, 9.17) is 5.73 Å². The van der Waals surface area contributed by atoms with Crippen LogP contribution in [0.15, 0.2) is 73.3 Å². The van der Waals surface area contributed by atoms with Gasteiger partial charge in [0.2, 0.25) is 5.91 Å². The van der Waals surface area contributed by atoms with Gasteiger partial charge in [0.1, 0.15) is 0 Å². The lowest BCUT2D eigenvalue weighted by molar-refractivity contribution is 0.100. The summed E-state index contributed by atoms with van der Waals surface area (Å²) in [6.07, 6.45) is 7.03. The number of nitrogens with zero attached hydrogens (tertiary/aromatic N) is 2. The topological polar surface area (TPSA) is 84.7 Å². The van der Waals surface area contributed by atoms with Crippen LogP contribution < -0.4 is 5.73 Å². The van der Waals surface area contributed by atoms with E-state index >= 15 is 0 Å². The molecule has 0 saturated carbocycles. The molecule has 1 aromatic carbocycles. The zero-order valence-corrected chi connectivity index (χ0v) is 14.8. The fourth-order valence-electron chi connectivity index (χ4n) is 3.39. The van der Waals surface area contributed by atoms with Gasteiger partial charge >= 0.3 is 0 Å². The van der Waals surface area contributed by atoms with Crippen LogP contribution in [0.5, 0.6) is 0 Å². The summed E-state index contributed by atoms with van der Waals surface area (Å²) in [5.74, 6) is -0.447. The van der Waals surface area contributed by atoms with Crippen molar-refractivity contribution in [3.63, 3.8) is 0 Å². The minimum Gasteiger partial charge on any atom is -0.366 e. The van der Waals surface area contributed by atoms with Gasteiger partial charge in [-0.3, -0.25) is 14.8 Å². The van der Waals surface area contributed by atoms with E-state index in [9.17, 15) is 4.79 Å². The Kier molecular flexibility index (Phi) is 4.26. The predicted molar refractivity (Wildman–Crippen MR) is 106 cm³/mol. The third kappa shape index (κ3) is 3.00. The van der Waals surface area contributed by atoms with Crippen molar-refractivity contribution in [3.05, 3.63) is 84.4 Å². The first kappa shape index (κ1) is 16.7. The van der Waals surface area contributed by atoms with Crippen LogP contribution in [0.25, 0.3) is 33.6 Å². The maximum atomic E-state index is 12.0. The van der Waals surface area contributed by atoms with E-state index in [-0.39, 0.29) is 0 Å². The molecular weight excluding hydrogens is 336 g/mol. The molecule has 0 aliphatic rings. The van der Waals surface area contributed by atoms with Gasteiger partial charge in [0.15, 0.2) is 0 Å². The summed E-state index contributed by atoms with van der Waals surface area (Å²) in [6.45, 7) is 2.05. The highest BCUT2D eigenvalue weighted by molar-refractivity contribution is 6.03. The van der Waals surface area contributed by atoms with Crippen molar-refractivity contribution >= 4 is 5.91 Å². The third-order valence-electron chi connectivity index (χ3n) is 4.65. The molecule has 0 unspecified atom stereocenters. The van der Waals surface area contributed by atoms with Gasteiger partial charge < -0.3 is 10.7 Å². The lowest BCUT2D eigenvalue weighted by atomic mass is 9.93. The number of amides is 1. The van der Waals surface area contributed by atoms with Crippen LogP contribution in [-0.4, -0.2) is 20.9 Å². The van der Waals surface area contributed by atoms with Gasteiger partial charge in [-0.2, -0.15) is 0 Å². The van der Waals surface area contributed by atoms with Crippen molar-refractivity contribution < 1.29 is 4.79 Å². The quantitative estimate of drug-likeness (QED) is 0.575. The van der Waals surface area contributed by atoms with Crippen LogP contribution in [0, 0.1) is 6.92 Å². The van der Waals surface area contributed by atoms with Gasteiger partial charge in [-0.1, -0.05) is 18.2 Å². The molecule has 0 atom stereocenters. The molecule has 5 nitrogen and oxygen atoms in total. The minimum absolute atomic E-state index is 0.447. The zero-order chi connectivity index (χ0) is 18.8. The fourth-order valence-corrected chi connectivity index (χ4v) is 3.39. The molecule has 0 radical (unpaired) electrons. The van der Waals surface area contributed by atoms with Gasteiger partial charge in [0.05, 0.1) is 5.69 Å². The molecule has 0 spiro atoms. The Balaban J connectivity index is 2.04. The highest BCUT2D eigenvalue weighted by Gasteiger charge is 2.21. The number of nitrogens with one attached hydrogen (secondary N) is 1. The number of hydrogen-bond acceptors (Lipinski definition) is 3. The summed E-state index contributed by atoms with van der Waals surface area (Å²) >= 11 is 0. The van der Waals surface area contributed by atoms with Gasteiger partial charge in [-0.05, 0) is 48.4 Å². The molecule has 4 aromatic rings. The predicted octanol–water partition coefficient (Wildman–Crippen LogP) is 4.21. The molecule has 132 valence electrons. The van der Waals surface area contributed by atoms with E-state index in [2.05, 4.69) is 15.0 Å². The second-order valence-corrected chi connectivity index (χ2v) is 6.26. The molecule has 1 amide bonds. The monoisotopic (exact) mass is 354 g/mol. The largest absolute Gasteiger partial charge is 0.366 e. The smallest absolute Gasteiger partial charge is 0.249 e. The number of aromatic amines is 1. The standard InChI is InChI=1S/C22H18N4O/c1-14-19(17-4-2-3-5-18(17)22(23)27)21(16-8-12-25-13-9-16)26-20(14)15-6-10-24-11-7-15/h2-13,26H,1H3,(H2,23,27). The number of nitrogens with two attached hydrogens (primary N) is 1. The number of carbonyl (C=O) groups is 1. The molecule has 3 aromatic heterocycles. The van der Waals surface area contributed by atoms with E-state index in [1.807, 2.05) is 49.4 Å². The number of aromatic nitrogens is 3. The van der Waals surface area contributed by atoms with Crippen LogP contribution in [0.3, 0.4) is 0 Å². The number of benzene rings is 1. The molecule has 3 N–H and O–H groups in total. The normalized spacial score (nSPS) is 10.7. The highest BCUT2D eigenvalue weighted by Crippen LogP contribution is 2.40. The highest BCUT2D eigenvalue weighted by atomic mass is 16.1. The maximum absolute atomic E-state index is 12.0. The zero-order valence-electron chi connectivity index (χ0n) is 14.8. The second-order valence-electron chi connectivity index (χ2n) is 6.26. The fraction of sp³-hybridized carbons (Fsp3) is 0.0455. The molecule has 0 aliphatic heterocycles. The number of rotatable bonds is 4. The number of pyridine rings is 2. The first-order valence-electron chi connectivity index (χ1n) is 8.59. The summed E-state index contributed by atoms with van der Waals surface area (Å²) in [5.41, 5.74) is 12.9. The van der Waals surface area contributed by atoms with Gasteiger partial charge in [-0.15, -0.1) is 0 Å². The van der Waals surface area contributed by atoms with Crippen LogP contribution in [-0.2, 0) is 0 Å². The molecule has 3 heterocycles. The average molecular weight is 354 g/mol. The van der Waals surface area contributed by atoms with E-state index in [1.165, 1.54) is 0 Å². The lowest BCUT2D eigenvalue weighted by Crippen LogP contribution is -2.12. The van der Waals surface area contributed by atoms with Crippen molar-refractivity contribution in [1.82, 2.24) is 15.0 Å². The number of hydrogen-bond donors (Lipinski definition) is 2. The van der Waals surface area contributed by atoms with E-state index in [0.717, 1.165) is 39.2 Å². The van der Waals surface area contributed by atoms with Crippen molar-refractivity contribution in [2.24, 2.45) is 5.73 Å². The molecule has 27 heavy (non-hydrogen) atoms. The minimum atomic E-state index is -0.447. The van der Waals surface area contributed by atoms with E-state index in [1.54, 1.807) is 30.9 Å². The number of primary amides is 1. The lowest BCUT2D eigenvalue weighted by Gasteiger charge is -2.10. The summed E-state index contributed by atoms with van der Waals surface area (Å²) in [5, 5.41) is 0. The maximum Gasteiger partial charge on any atom is 0.249 e. The van der Waals surface area contributed by atoms with Crippen molar-refractivity contribution in [2.75, 3.05) is 0 Å². The Morgan fingerprint density at radius 3 is 2.00 bits per heavy atom. The first-order valence-corrected chi connectivity index (χ1v) is 8.59. The second kappa shape index (κ2) is 6.88. The van der Waals surface area contributed by atoms with Crippen LogP contribution >= 0.6 is 0 Å². The molecule has 0 bridgehead atoms. The third-order valence-corrected chi connectivity index (χ3v) is 4.65. The summed E-state index contributed by atoms with van der Waals surface area (Å²) < 4.78 is 0. The van der Waals surface area contributed by atoms with Crippen LogP contribution in [0.4, 0.5) is 0 Å². The average Bonchev–Trinajstić information content (AvgIpc) is 3.06. The molecule has 0 saturated heterocycles. The van der Waals surface area contributed by atoms with Gasteiger partial charge in [0.25, 0.3) is 0 Å². The van der Waals surface area contributed by atoms with Crippen molar-refractivity contribution in [3.8, 4) is 33.6 Å². The van der Waals surface area contributed by atoms with Crippen molar-refractivity contribution in [1.29, 1.82) is 0 Å². The van der Waals surface area contributed by atoms with Crippen molar-refractivity contribution in [2.45, 2.75) is 6.92 Å². The first-order chi connectivity index (χ1) is 13.2. The van der Waals surface area contributed by atoms with Gasteiger partial charge in [-0.25, -0.2) is 0 Å². The Morgan fingerprint density at radius 1 is 0.852 bits per heavy atom. The van der Waals surface area contributed by atoms with Crippen LogP contribution in [0.2, 0.25) is 0 Å². The SMILES string of the molecule is Cc1c(-c2ccncc2)[nH]c(-c2ccncc2)c1-c1ccccc1C(N)=O. The van der Waals surface area contributed by atoms with E-state index in [0.29, 0.717) is 5.56 Å². The van der Waals surface area contributed by atoms with E-state index < -0.39 is 5.91 Å². The Bertz CT molecular complexity index is 1100. The Labute approximate surface area is 156 Å². The number of H-pyrrole nitrogens is 1. The molecule has 0 aliphatic carbocycles. The van der Waals surface area contributed by atoms with Crippen LogP contribution in [0.1, 0.15) is 15.9 Å². The summed E-state index contributed by atoms with van der Waals surface area (Å²) in [6, 6.07) is 15.2. The molecule has 0 fully saturated rings. The summed E-state index contributed by atoms with van der Waals surface area (Å²) in [7, 11) is 0.